The standard InChI is InChI=1S/C32H39N5O4P/c1-32(2)29(36-28-30(33)34-21-35-31(28)41-32)26-12-10-25(11-13-26)24-8-6-22(7-9-24)20-42(38,39)27-5-3-4-23(18-27)19-37-14-16-40-17-15-37/h3-5,10-13,18,20-21,24,38-39H,6-9,14-17,19H2,1-2H3,(H2,33,34,35)/q+1. The van der Waals surface area contributed by atoms with Crippen LogP contribution in [0.4, 0.5) is 11.5 Å². The first-order chi connectivity index (χ1) is 20.2. The van der Waals surface area contributed by atoms with Gasteiger partial charge in [-0.05, 0) is 74.3 Å². The topological polar surface area (TPSA) is 126 Å². The smallest absolute Gasteiger partial charge is 0.325 e. The summed E-state index contributed by atoms with van der Waals surface area (Å²) in [5.74, 6) is 2.88. The maximum atomic E-state index is 11.1. The van der Waals surface area contributed by atoms with Gasteiger partial charge in [0.15, 0.2) is 16.8 Å². The number of allylic oxidation sites excluding steroid dienone is 1. The van der Waals surface area contributed by atoms with E-state index in [0.717, 1.165) is 80.9 Å². The molecule has 3 aliphatic rings. The van der Waals surface area contributed by atoms with Crippen LogP contribution in [0.3, 0.4) is 0 Å². The van der Waals surface area contributed by atoms with Crippen molar-refractivity contribution in [3.8, 4) is 5.88 Å². The van der Waals surface area contributed by atoms with E-state index in [-0.39, 0.29) is 0 Å². The fourth-order valence-electron chi connectivity index (χ4n) is 6.07. The fraction of sp³-hybridized carbons (Fsp3) is 0.406. The summed E-state index contributed by atoms with van der Waals surface area (Å²) in [6.07, 6.45) is 5.04. The van der Waals surface area contributed by atoms with Gasteiger partial charge < -0.3 is 15.2 Å². The lowest BCUT2D eigenvalue weighted by Crippen LogP contribution is -2.41. The van der Waals surface area contributed by atoms with Gasteiger partial charge in [0.1, 0.15) is 17.7 Å². The molecule has 0 unspecified atom stereocenters. The molecule has 1 saturated heterocycles. The molecule has 10 heteroatoms. The largest absolute Gasteiger partial charge is 0.463 e. The highest BCUT2D eigenvalue weighted by atomic mass is 31.2. The van der Waals surface area contributed by atoms with Crippen molar-refractivity contribution >= 4 is 30.2 Å². The molecule has 6 rings (SSSR count). The molecule has 4 N–H and O–H groups in total. The van der Waals surface area contributed by atoms with Gasteiger partial charge in [0, 0.05) is 25.2 Å². The van der Waals surface area contributed by atoms with Gasteiger partial charge in [0.2, 0.25) is 5.88 Å². The van der Waals surface area contributed by atoms with Crippen LogP contribution in [0.5, 0.6) is 5.88 Å². The Morgan fingerprint density at radius 1 is 1.05 bits per heavy atom. The highest BCUT2D eigenvalue weighted by molar-refractivity contribution is 7.75. The van der Waals surface area contributed by atoms with E-state index in [9.17, 15) is 9.79 Å². The van der Waals surface area contributed by atoms with Crippen LogP contribution in [0.25, 0.3) is 0 Å². The number of aromatic nitrogens is 2. The van der Waals surface area contributed by atoms with Gasteiger partial charge in [-0.3, -0.25) is 4.90 Å². The number of ether oxygens (including phenoxy) is 2. The molecular weight excluding hydrogens is 549 g/mol. The monoisotopic (exact) mass is 588 g/mol. The maximum absolute atomic E-state index is 11.1. The predicted molar refractivity (Wildman–Crippen MR) is 167 cm³/mol. The Bertz CT molecular complexity index is 1490. The second-order valence-electron chi connectivity index (χ2n) is 11.9. The van der Waals surface area contributed by atoms with Crippen LogP contribution in [-0.2, 0) is 11.3 Å². The van der Waals surface area contributed by atoms with Crippen LogP contribution in [0.1, 0.15) is 62.1 Å². The van der Waals surface area contributed by atoms with Crippen molar-refractivity contribution in [2.75, 3.05) is 32.0 Å². The van der Waals surface area contributed by atoms with Crippen molar-refractivity contribution < 1.29 is 19.3 Å². The van der Waals surface area contributed by atoms with Gasteiger partial charge in [-0.15, -0.1) is 0 Å². The Labute approximate surface area is 247 Å². The van der Waals surface area contributed by atoms with Gasteiger partial charge in [-0.2, -0.15) is 4.98 Å². The quantitative estimate of drug-likeness (QED) is 0.348. The van der Waals surface area contributed by atoms with Gasteiger partial charge in [0.05, 0.1) is 18.9 Å². The third-order valence-electron chi connectivity index (χ3n) is 8.41. The van der Waals surface area contributed by atoms with E-state index < -0.39 is 13.3 Å². The number of hydrogen-bond acceptors (Lipinski definition) is 9. The zero-order valence-corrected chi connectivity index (χ0v) is 25.1. The first kappa shape index (κ1) is 28.9. The summed E-state index contributed by atoms with van der Waals surface area (Å²) in [7, 11) is -3.34. The van der Waals surface area contributed by atoms with E-state index in [4.69, 9.17) is 20.2 Å². The van der Waals surface area contributed by atoms with Crippen molar-refractivity contribution in [1.82, 2.24) is 14.9 Å². The summed E-state index contributed by atoms with van der Waals surface area (Å²) in [5, 5.41) is 0.618. The van der Waals surface area contributed by atoms with Gasteiger partial charge in [-0.25, -0.2) is 19.8 Å². The molecular formula is C32H39N5O4P+. The zero-order chi connectivity index (χ0) is 29.3. The number of rotatable bonds is 6. The molecule has 0 bridgehead atoms. The van der Waals surface area contributed by atoms with Crippen molar-refractivity contribution in [2.45, 2.75) is 57.6 Å². The molecule has 0 radical (unpaired) electrons. The van der Waals surface area contributed by atoms with Gasteiger partial charge in [-0.1, -0.05) is 36.4 Å². The Hall–Kier alpha value is -3.20. The molecule has 42 heavy (non-hydrogen) atoms. The highest BCUT2D eigenvalue weighted by Crippen LogP contribution is 2.53. The van der Waals surface area contributed by atoms with E-state index in [1.807, 2.05) is 32.0 Å². The van der Waals surface area contributed by atoms with Crippen LogP contribution >= 0.6 is 7.72 Å². The molecule has 2 fully saturated rings. The fourth-order valence-corrected chi connectivity index (χ4v) is 7.65. The minimum atomic E-state index is -3.34. The SMILES string of the molecule is CC1(C)Oc2ncnc(N)c2N=C1c1ccc(C2CCC(=C[P+](O)(O)c3cccc(CN4CCOCC4)c3)CC2)cc1. The minimum Gasteiger partial charge on any atom is -0.463 e. The third-order valence-corrected chi connectivity index (χ3v) is 10.2. The molecule has 3 heterocycles. The summed E-state index contributed by atoms with van der Waals surface area (Å²) < 4.78 is 11.6. The Morgan fingerprint density at radius 3 is 2.52 bits per heavy atom. The molecule has 0 atom stereocenters. The maximum Gasteiger partial charge on any atom is 0.325 e. The Morgan fingerprint density at radius 2 is 1.79 bits per heavy atom. The van der Waals surface area contributed by atoms with E-state index >= 15 is 0 Å². The average Bonchev–Trinajstić information content (AvgIpc) is 2.98. The summed E-state index contributed by atoms with van der Waals surface area (Å²) in [6, 6.07) is 16.3. The van der Waals surface area contributed by atoms with E-state index in [1.54, 1.807) is 5.82 Å². The summed E-state index contributed by atoms with van der Waals surface area (Å²) >= 11 is 0. The molecule has 0 amide bonds. The normalized spacial score (nSPS) is 20.8. The van der Waals surface area contributed by atoms with E-state index in [0.29, 0.717) is 28.6 Å². The zero-order valence-electron chi connectivity index (χ0n) is 24.2. The molecule has 2 aliphatic heterocycles. The number of nitrogens with two attached hydrogens (primary N) is 1. The van der Waals surface area contributed by atoms with Crippen LogP contribution in [0.2, 0.25) is 0 Å². The molecule has 9 nitrogen and oxygen atoms in total. The molecule has 3 aromatic rings. The predicted octanol–water partition coefficient (Wildman–Crippen LogP) is 4.88. The first-order valence-electron chi connectivity index (χ1n) is 14.6. The Kier molecular flexibility index (Phi) is 8.13. The number of nitrogens with zero attached hydrogens (tertiary/aromatic N) is 4. The number of aliphatic imine (C=N–C) groups is 1. The van der Waals surface area contributed by atoms with Crippen molar-refractivity contribution in [3.63, 3.8) is 0 Å². The molecule has 1 saturated carbocycles. The van der Waals surface area contributed by atoms with Crippen LogP contribution in [0.15, 0.2) is 71.2 Å². The second kappa shape index (κ2) is 11.8. The number of hydrogen-bond donors (Lipinski definition) is 3. The number of fused-ring (bicyclic) bond motifs is 1. The van der Waals surface area contributed by atoms with Gasteiger partial charge in [0.25, 0.3) is 0 Å². The van der Waals surface area contributed by atoms with Crippen molar-refractivity contribution in [3.05, 3.63) is 82.9 Å². The minimum absolute atomic E-state index is 0.300. The van der Waals surface area contributed by atoms with Crippen LogP contribution < -0.4 is 15.8 Å². The molecule has 220 valence electrons. The number of nitrogen functional groups attached to an aromatic ring is 1. The van der Waals surface area contributed by atoms with Crippen LogP contribution in [-0.4, -0.2) is 62.3 Å². The third kappa shape index (κ3) is 6.26. The summed E-state index contributed by atoms with van der Waals surface area (Å²) in [5.41, 5.74) is 11.1. The lowest BCUT2D eigenvalue weighted by Gasteiger charge is -2.32. The number of morpholine rings is 1. The molecule has 1 aromatic heterocycles. The molecule has 0 spiro atoms. The summed E-state index contributed by atoms with van der Waals surface area (Å²) in [4.78, 5) is 37.7. The lowest BCUT2D eigenvalue weighted by molar-refractivity contribution is 0.0342. The second-order valence-corrected chi connectivity index (χ2v) is 14.0. The average molecular weight is 589 g/mol. The number of anilines is 1. The highest BCUT2D eigenvalue weighted by Gasteiger charge is 2.37. The van der Waals surface area contributed by atoms with Crippen molar-refractivity contribution in [2.24, 2.45) is 4.99 Å². The van der Waals surface area contributed by atoms with Crippen molar-refractivity contribution in [1.29, 1.82) is 0 Å². The number of benzene rings is 2. The van der Waals surface area contributed by atoms with Gasteiger partial charge >= 0.3 is 7.72 Å². The lowest BCUT2D eigenvalue weighted by atomic mass is 9.81. The molecule has 2 aromatic carbocycles. The first-order valence-corrected chi connectivity index (χ1v) is 16.4. The van der Waals surface area contributed by atoms with Crippen LogP contribution in [0, 0.1) is 0 Å². The van der Waals surface area contributed by atoms with E-state index in [2.05, 4.69) is 45.2 Å². The Balaban J connectivity index is 1.11. The summed E-state index contributed by atoms with van der Waals surface area (Å²) in [6.45, 7) is 8.03. The van der Waals surface area contributed by atoms with E-state index in [1.165, 1.54) is 11.9 Å². The molecule has 1 aliphatic carbocycles.